The summed E-state index contributed by atoms with van der Waals surface area (Å²) in [4.78, 5) is 21.5. The third kappa shape index (κ3) is 4.13. The van der Waals surface area contributed by atoms with Crippen LogP contribution in [0, 0.1) is 10.1 Å². The summed E-state index contributed by atoms with van der Waals surface area (Å²) >= 11 is 5.71. The van der Waals surface area contributed by atoms with Crippen molar-refractivity contribution in [3.8, 4) is 0 Å². The van der Waals surface area contributed by atoms with Crippen molar-refractivity contribution in [2.75, 3.05) is 6.54 Å². The predicted octanol–water partition coefficient (Wildman–Crippen LogP) is 3.02. The van der Waals surface area contributed by atoms with Crippen LogP contribution < -0.4 is 5.32 Å². The van der Waals surface area contributed by atoms with Gasteiger partial charge in [-0.2, -0.15) is 0 Å². The second-order valence-corrected chi connectivity index (χ2v) is 4.22. The van der Waals surface area contributed by atoms with E-state index >= 15 is 0 Å². The summed E-state index contributed by atoms with van der Waals surface area (Å²) in [6, 6.07) is 3.24. The van der Waals surface area contributed by atoms with Crippen molar-refractivity contribution in [2.45, 2.75) is 19.3 Å². The first-order valence-electron chi connectivity index (χ1n) is 5.37. The molecule has 0 bridgehead atoms. The molecule has 0 heterocycles. The largest absolute Gasteiger partial charge is 0.346 e. The van der Waals surface area contributed by atoms with Crippen molar-refractivity contribution in [3.63, 3.8) is 0 Å². The van der Waals surface area contributed by atoms with Crippen LogP contribution in [-0.4, -0.2) is 23.3 Å². The van der Waals surface area contributed by atoms with Crippen LogP contribution in [0.25, 0.3) is 0 Å². The van der Waals surface area contributed by atoms with Gasteiger partial charge in [-0.1, -0.05) is 18.5 Å². The fourth-order valence-electron chi connectivity index (χ4n) is 1.23. The highest BCUT2D eigenvalue weighted by Gasteiger charge is 2.27. The Hall–Kier alpha value is -1.76. The Morgan fingerprint density at radius 3 is 2.68 bits per heavy atom. The first-order valence-corrected chi connectivity index (χ1v) is 5.74. The smallest absolute Gasteiger partial charge is 0.270 e. The average molecular weight is 293 g/mol. The molecule has 1 rings (SSSR count). The molecule has 0 atom stereocenters. The van der Waals surface area contributed by atoms with Crippen LogP contribution in [0.2, 0.25) is 5.02 Å². The monoisotopic (exact) mass is 292 g/mol. The van der Waals surface area contributed by atoms with E-state index in [-0.39, 0.29) is 16.3 Å². The first-order chi connectivity index (χ1) is 8.76. The van der Waals surface area contributed by atoms with E-state index in [9.17, 15) is 23.7 Å². The molecule has 0 aromatic heterocycles. The topological polar surface area (TPSA) is 72.2 Å². The molecule has 1 N–H and O–H groups in total. The Morgan fingerprint density at radius 2 is 2.16 bits per heavy atom. The standard InChI is InChI=1S/C11H11ClF2N2O3/c1-2-11(13,14)6-15-10(17)8-5-7(16(18)19)3-4-9(8)12/h3-5H,2,6H2,1H3,(H,15,17). The molecule has 1 aromatic rings. The summed E-state index contributed by atoms with van der Waals surface area (Å²) in [6.45, 7) is 0.438. The van der Waals surface area contributed by atoms with Gasteiger partial charge in [0.2, 0.25) is 0 Å². The lowest BCUT2D eigenvalue weighted by Crippen LogP contribution is -2.36. The number of carbonyl (C=O) groups excluding carboxylic acids is 1. The van der Waals surface area contributed by atoms with Crippen molar-refractivity contribution < 1.29 is 18.5 Å². The highest BCUT2D eigenvalue weighted by Crippen LogP contribution is 2.22. The van der Waals surface area contributed by atoms with Gasteiger partial charge in [-0.3, -0.25) is 14.9 Å². The molecule has 0 radical (unpaired) electrons. The molecule has 0 saturated carbocycles. The summed E-state index contributed by atoms with van der Waals surface area (Å²) < 4.78 is 26.0. The Bertz CT molecular complexity index is 509. The van der Waals surface area contributed by atoms with Crippen LogP contribution in [-0.2, 0) is 0 Å². The van der Waals surface area contributed by atoms with Crippen LogP contribution in [0.3, 0.4) is 0 Å². The maximum Gasteiger partial charge on any atom is 0.270 e. The number of nitro groups is 1. The highest BCUT2D eigenvalue weighted by molar-refractivity contribution is 6.33. The fourth-order valence-corrected chi connectivity index (χ4v) is 1.43. The number of rotatable bonds is 5. The zero-order valence-electron chi connectivity index (χ0n) is 9.95. The van der Waals surface area contributed by atoms with Crippen LogP contribution in [0.1, 0.15) is 23.7 Å². The van der Waals surface area contributed by atoms with E-state index in [2.05, 4.69) is 0 Å². The Morgan fingerprint density at radius 1 is 1.53 bits per heavy atom. The van der Waals surface area contributed by atoms with Crippen LogP contribution in [0.4, 0.5) is 14.5 Å². The third-order valence-electron chi connectivity index (χ3n) is 2.43. The maximum atomic E-state index is 13.0. The molecular formula is C11H11ClF2N2O3. The average Bonchev–Trinajstić information content (AvgIpc) is 2.36. The summed E-state index contributed by atoms with van der Waals surface area (Å²) in [7, 11) is 0. The van der Waals surface area contributed by atoms with Gasteiger partial charge < -0.3 is 5.32 Å². The number of hydrogen-bond acceptors (Lipinski definition) is 3. The molecule has 0 fully saturated rings. The van der Waals surface area contributed by atoms with Crippen molar-refractivity contribution >= 4 is 23.2 Å². The number of nitrogens with zero attached hydrogens (tertiary/aromatic N) is 1. The van der Waals surface area contributed by atoms with Crippen LogP contribution >= 0.6 is 11.6 Å². The van der Waals surface area contributed by atoms with E-state index in [1.54, 1.807) is 0 Å². The van der Waals surface area contributed by atoms with Gasteiger partial charge in [0.1, 0.15) is 0 Å². The van der Waals surface area contributed by atoms with E-state index < -0.39 is 29.7 Å². The molecule has 0 saturated heterocycles. The Labute approximate surface area is 112 Å². The Balaban J connectivity index is 2.88. The molecule has 0 aliphatic rings. The van der Waals surface area contributed by atoms with Gasteiger partial charge in [0.05, 0.1) is 22.1 Å². The summed E-state index contributed by atoms with van der Waals surface area (Å²) in [5, 5.41) is 12.5. The molecule has 0 aliphatic heterocycles. The number of benzene rings is 1. The number of nitro benzene ring substituents is 1. The minimum Gasteiger partial charge on any atom is -0.346 e. The first kappa shape index (κ1) is 15.3. The second kappa shape index (κ2) is 5.92. The van der Waals surface area contributed by atoms with Crippen molar-refractivity contribution in [2.24, 2.45) is 0 Å². The quantitative estimate of drug-likeness (QED) is 0.670. The van der Waals surface area contributed by atoms with Gasteiger partial charge in [-0.05, 0) is 6.07 Å². The number of amides is 1. The Kier molecular flexibility index (Phi) is 4.77. The third-order valence-corrected chi connectivity index (χ3v) is 2.76. The van der Waals surface area contributed by atoms with Gasteiger partial charge in [0, 0.05) is 18.6 Å². The second-order valence-electron chi connectivity index (χ2n) is 3.81. The lowest BCUT2D eigenvalue weighted by Gasteiger charge is -2.14. The predicted molar refractivity (Wildman–Crippen MR) is 65.7 cm³/mol. The molecule has 1 aromatic carbocycles. The number of halogens is 3. The number of alkyl halides is 2. The molecule has 5 nitrogen and oxygen atoms in total. The molecule has 104 valence electrons. The molecule has 0 spiro atoms. The molecule has 19 heavy (non-hydrogen) atoms. The molecule has 0 unspecified atom stereocenters. The summed E-state index contributed by atoms with van der Waals surface area (Å²) in [5.74, 6) is -3.90. The van der Waals surface area contributed by atoms with Gasteiger partial charge in [-0.25, -0.2) is 8.78 Å². The van der Waals surface area contributed by atoms with Gasteiger partial charge in [0.25, 0.3) is 17.5 Å². The fraction of sp³-hybridized carbons (Fsp3) is 0.364. The SMILES string of the molecule is CCC(F)(F)CNC(=O)c1cc([N+](=O)[O-])ccc1Cl. The zero-order chi connectivity index (χ0) is 14.6. The molecular weight excluding hydrogens is 282 g/mol. The lowest BCUT2D eigenvalue weighted by molar-refractivity contribution is -0.384. The molecule has 0 aliphatic carbocycles. The van der Waals surface area contributed by atoms with Gasteiger partial charge >= 0.3 is 0 Å². The van der Waals surface area contributed by atoms with E-state index in [1.807, 2.05) is 5.32 Å². The van der Waals surface area contributed by atoms with Crippen molar-refractivity contribution in [1.82, 2.24) is 5.32 Å². The van der Waals surface area contributed by atoms with Crippen molar-refractivity contribution in [1.29, 1.82) is 0 Å². The summed E-state index contributed by atoms with van der Waals surface area (Å²) in [5.41, 5.74) is -0.542. The number of carbonyl (C=O) groups is 1. The minimum atomic E-state index is -3.02. The van der Waals surface area contributed by atoms with E-state index in [1.165, 1.54) is 13.0 Å². The van der Waals surface area contributed by atoms with Gasteiger partial charge in [0.15, 0.2) is 0 Å². The highest BCUT2D eigenvalue weighted by atomic mass is 35.5. The van der Waals surface area contributed by atoms with E-state index in [0.717, 1.165) is 12.1 Å². The number of nitrogens with one attached hydrogen (secondary N) is 1. The van der Waals surface area contributed by atoms with Crippen molar-refractivity contribution in [3.05, 3.63) is 38.9 Å². The zero-order valence-corrected chi connectivity index (χ0v) is 10.7. The molecule has 1 amide bonds. The minimum absolute atomic E-state index is 0.0390. The van der Waals surface area contributed by atoms with E-state index in [0.29, 0.717) is 0 Å². The van der Waals surface area contributed by atoms with Crippen LogP contribution in [0.5, 0.6) is 0 Å². The summed E-state index contributed by atoms with van der Waals surface area (Å²) in [6.07, 6.45) is -0.421. The molecule has 8 heteroatoms. The van der Waals surface area contributed by atoms with Crippen LogP contribution in [0.15, 0.2) is 18.2 Å². The van der Waals surface area contributed by atoms with E-state index in [4.69, 9.17) is 11.6 Å². The maximum absolute atomic E-state index is 13.0. The normalized spacial score (nSPS) is 11.2. The number of non-ortho nitro benzene ring substituents is 1. The van der Waals surface area contributed by atoms with Gasteiger partial charge in [-0.15, -0.1) is 0 Å². The number of hydrogen-bond donors (Lipinski definition) is 1. The lowest BCUT2D eigenvalue weighted by atomic mass is 10.1.